The van der Waals surface area contributed by atoms with Crippen molar-refractivity contribution in [2.45, 2.75) is 12.8 Å². The second kappa shape index (κ2) is 16.9. The van der Waals surface area contributed by atoms with E-state index in [2.05, 4.69) is 13.2 Å². The van der Waals surface area contributed by atoms with Crippen LogP contribution < -0.4 is 19.6 Å². The zero-order valence-electron chi connectivity index (χ0n) is 25.1. The summed E-state index contributed by atoms with van der Waals surface area (Å²) in [5, 5.41) is 0. The minimum absolute atomic E-state index is 0.141. The molecule has 0 saturated carbocycles. The Bertz CT molecular complexity index is 1330. The highest BCUT2D eigenvalue weighted by Crippen LogP contribution is 2.26. The Morgan fingerprint density at radius 1 is 0.591 bits per heavy atom. The van der Waals surface area contributed by atoms with Crippen LogP contribution >= 0.6 is 0 Å². The highest BCUT2D eigenvalue weighted by atomic mass is 16.5. The predicted molar refractivity (Wildman–Crippen MR) is 173 cm³/mol. The maximum Gasteiger partial charge on any atom is 0.330 e. The number of para-hydroxylation sites is 2. The molecule has 0 aliphatic carbocycles. The molecule has 3 aromatic rings. The first-order chi connectivity index (χ1) is 21.3. The summed E-state index contributed by atoms with van der Waals surface area (Å²) in [6.45, 7) is 7.69. The molecule has 0 N–H and O–H groups in total. The number of amides is 4. The molecule has 10 nitrogen and oxygen atoms in total. The fourth-order valence-electron chi connectivity index (χ4n) is 4.29. The molecule has 10 heteroatoms. The van der Waals surface area contributed by atoms with Crippen LogP contribution in [0.1, 0.15) is 12.8 Å². The summed E-state index contributed by atoms with van der Waals surface area (Å²) in [6, 6.07) is 25.0. The van der Waals surface area contributed by atoms with Crippen molar-refractivity contribution < 1.29 is 28.7 Å². The van der Waals surface area contributed by atoms with Crippen LogP contribution in [0.3, 0.4) is 0 Å². The van der Waals surface area contributed by atoms with Crippen LogP contribution in [0.15, 0.2) is 110 Å². The van der Waals surface area contributed by atoms with Crippen molar-refractivity contribution in [3.05, 3.63) is 110 Å². The van der Waals surface area contributed by atoms with Crippen molar-refractivity contribution in [2.75, 3.05) is 60.0 Å². The summed E-state index contributed by atoms with van der Waals surface area (Å²) >= 11 is 0. The molecule has 0 atom stereocenters. The normalized spacial score (nSPS) is 10.2. The molecule has 4 amide bonds. The van der Waals surface area contributed by atoms with Crippen LogP contribution in [0, 0.1) is 0 Å². The molecule has 0 radical (unpaired) electrons. The minimum Gasteiger partial charge on any atom is -0.462 e. The van der Waals surface area contributed by atoms with Gasteiger partial charge >= 0.3 is 24.0 Å². The van der Waals surface area contributed by atoms with E-state index in [1.807, 2.05) is 60.7 Å². The third-order valence-electron chi connectivity index (χ3n) is 6.65. The van der Waals surface area contributed by atoms with Gasteiger partial charge in [-0.2, -0.15) is 0 Å². The fourth-order valence-corrected chi connectivity index (χ4v) is 4.29. The monoisotopic (exact) mass is 598 g/mol. The average molecular weight is 599 g/mol. The van der Waals surface area contributed by atoms with E-state index in [-0.39, 0.29) is 25.3 Å². The van der Waals surface area contributed by atoms with Gasteiger partial charge in [0.05, 0.1) is 13.2 Å². The third kappa shape index (κ3) is 9.32. The number of benzene rings is 3. The van der Waals surface area contributed by atoms with E-state index in [1.165, 1.54) is 9.80 Å². The van der Waals surface area contributed by atoms with Crippen molar-refractivity contribution >= 4 is 46.8 Å². The predicted octanol–water partition coefficient (Wildman–Crippen LogP) is 6.05. The number of carbonyl (C=O) groups is 4. The van der Waals surface area contributed by atoms with Crippen LogP contribution in [0.5, 0.6) is 0 Å². The number of esters is 2. The standard InChI is InChI=1S/C34H38N4O6/c1-5-31(39)43-24-14-22-37(27-16-9-7-10-17-27)33(41)35(3)29-20-13-21-30(26-29)36(4)34(42)38(28-18-11-8-12-19-28)23-15-25-44-32(40)6-2/h5-13,16-21,26H,1-2,14-15,22-25H2,3-4H3. The lowest BCUT2D eigenvalue weighted by Crippen LogP contribution is -2.43. The molecule has 44 heavy (non-hydrogen) atoms. The molecule has 0 aliphatic heterocycles. The molecule has 0 aliphatic rings. The van der Waals surface area contributed by atoms with E-state index in [9.17, 15) is 19.2 Å². The number of nitrogens with zero attached hydrogens (tertiary/aromatic N) is 4. The molecule has 0 saturated heterocycles. The van der Waals surface area contributed by atoms with Crippen molar-refractivity contribution in [1.82, 2.24) is 0 Å². The largest absolute Gasteiger partial charge is 0.462 e. The van der Waals surface area contributed by atoms with Crippen molar-refractivity contribution in [2.24, 2.45) is 0 Å². The highest BCUT2D eigenvalue weighted by Gasteiger charge is 2.24. The number of urea groups is 2. The molecule has 0 fully saturated rings. The molecule has 0 heterocycles. The van der Waals surface area contributed by atoms with Gasteiger partial charge in [-0.05, 0) is 55.3 Å². The van der Waals surface area contributed by atoms with Gasteiger partial charge in [0.15, 0.2) is 0 Å². The van der Waals surface area contributed by atoms with Crippen LogP contribution in [0.25, 0.3) is 0 Å². The smallest absolute Gasteiger partial charge is 0.330 e. The van der Waals surface area contributed by atoms with Crippen molar-refractivity contribution in [3.8, 4) is 0 Å². The number of carbonyl (C=O) groups excluding carboxylic acids is 4. The number of hydrogen-bond acceptors (Lipinski definition) is 6. The van der Waals surface area contributed by atoms with Crippen LogP contribution in [-0.2, 0) is 19.1 Å². The van der Waals surface area contributed by atoms with Crippen LogP contribution in [0.2, 0.25) is 0 Å². The topological polar surface area (TPSA) is 99.7 Å². The van der Waals surface area contributed by atoms with Gasteiger partial charge in [-0.1, -0.05) is 55.6 Å². The van der Waals surface area contributed by atoms with Crippen molar-refractivity contribution in [3.63, 3.8) is 0 Å². The number of rotatable bonds is 14. The lowest BCUT2D eigenvalue weighted by atomic mass is 10.2. The zero-order chi connectivity index (χ0) is 31.9. The van der Waals surface area contributed by atoms with Gasteiger partial charge in [0.2, 0.25) is 0 Å². The summed E-state index contributed by atoms with van der Waals surface area (Å²) < 4.78 is 10.2. The first kappa shape index (κ1) is 33.1. The Hall–Kier alpha value is -5.38. The van der Waals surface area contributed by atoms with E-state index in [1.54, 1.807) is 48.2 Å². The Balaban J connectivity index is 1.78. The minimum atomic E-state index is -0.517. The summed E-state index contributed by atoms with van der Waals surface area (Å²) in [7, 11) is 3.33. The molecular weight excluding hydrogens is 560 g/mol. The highest BCUT2D eigenvalue weighted by molar-refractivity contribution is 6.05. The van der Waals surface area contributed by atoms with E-state index in [0.717, 1.165) is 12.2 Å². The SMILES string of the molecule is C=CC(=O)OCCCN(C(=O)N(C)c1cccc(N(C)C(=O)N(CCCOC(=O)C=C)c2ccccc2)c1)c1ccccc1. The number of hydrogen-bond donors (Lipinski definition) is 0. The van der Waals surface area contributed by atoms with Crippen LogP contribution in [0.4, 0.5) is 32.3 Å². The maximum absolute atomic E-state index is 13.8. The van der Waals surface area contributed by atoms with Gasteiger partial charge in [-0.25, -0.2) is 19.2 Å². The molecule has 3 aromatic carbocycles. The van der Waals surface area contributed by atoms with Gasteiger partial charge in [0.1, 0.15) is 0 Å². The van der Waals surface area contributed by atoms with Gasteiger partial charge in [-0.15, -0.1) is 0 Å². The lowest BCUT2D eigenvalue weighted by Gasteiger charge is -2.30. The summed E-state index contributed by atoms with van der Waals surface area (Å²) in [5.74, 6) is -1.03. The Morgan fingerprint density at radius 2 is 0.955 bits per heavy atom. The maximum atomic E-state index is 13.8. The Morgan fingerprint density at radius 3 is 1.32 bits per heavy atom. The number of anilines is 4. The van der Waals surface area contributed by atoms with Gasteiger partial charge in [-0.3, -0.25) is 19.6 Å². The van der Waals surface area contributed by atoms with E-state index in [4.69, 9.17) is 9.47 Å². The molecule has 0 aromatic heterocycles. The second-order valence-electron chi connectivity index (χ2n) is 9.63. The summed E-state index contributed by atoms with van der Waals surface area (Å²) in [6.07, 6.45) is 3.05. The zero-order valence-corrected chi connectivity index (χ0v) is 25.1. The van der Waals surface area contributed by atoms with E-state index < -0.39 is 11.9 Å². The van der Waals surface area contributed by atoms with Gasteiger partial charge in [0.25, 0.3) is 0 Å². The van der Waals surface area contributed by atoms with Crippen LogP contribution in [-0.4, -0.2) is 64.4 Å². The quantitative estimate of drug-likeness (QED) is 0.127. The Labute approximate surface area is 258 Å². The molecular formula is C34H38N4O6. The fraction of sp³-hybridized carbons (Fsp3) is 0.235. The van der Waals surface area contributed by atoms with E-state index in [0.29, 0.717) is 48.7 Å². The molecule has 0 unspecified atom stereocenters. The average Bonchev–Trinajstić information content (AvgIpc) is 3.07. The van der Waals surface area contributed by atoms with Gasteiger partial charge in [0, 0.05) is 62.1 Å². The third-order valence-corrected chi connectivity index (χ3v) is 6.65. The first-order valence-corrected chi connectivity index (χ1v) is 14.2. The first-order valence-electron chi connectivity index (χ1n) is 14.2. The Kier molecular flexibility index (Phi) is 12.7. The van der Waals surface area contributed by atoms with Gasteiger partial charge < -0.3 is 9.47 Å². The van der Waals surface area contributed by atoms with Crippen molar-refractivity contribution in [1.29, 1.82) is 0 Å². The molecule has 230 valence electrons. The summed E-state index contributed by atoms with van der Waals surface area (Å²) in [5.41, 5.74) is 2.54. The summed E-state index contributed by atoms with van der Waals surface area (Å²) in [4.78, 5) is 56.6. The van der Waals surface area contributed by atoms with E-state index >= 15 is 0 Å². The molecule has 3 rings (SSSR count). The molecule has 0 spiro atoms. The second-order valence-corrected chi connectivity index (χ2v) is 9.63. The number of ether oxygens (including phenoxy) is 2. The lowest BCUT2D eigenvalue weighted by molar-refractivity contribution is -0.138. The molecule has 0 bridgehead atoms.